The Hall–Kier alpha value is -1.49. The standard InChI is InChI=1S/C24H38O4S/c1-5-9-11-18(7-3)16-27-23(25)21-14-13-20(29)15-22(21)24(26)28-17-19(8-4)12-10-6-2/h13-15,18-19,29H,5-12,16-17H2,1-4H3. The van der Waals surface area contributed by atoms with Gasteiger partial charge in [-0.2, -0.15) is 0 Å². The molecular formula is C24H38O4S. The number of rotatable bonds is 14. The number of ether oxygens (including phenoxy) is 2. The summed E-state index contributed by atoms with van der Waals surface area (Å²) >= 11 is 4.32. The largest absolute Gasteiger partial charge is 0.462 e. The molecule has 0 fully saturated rings. The van der Waals surface area contributed by atoms with Gasteiger partial charge in [0.05, 0.1) is 24.3 Å². The van der Waals surface area contributed by atoms with Crippen molar-refractivity contribution in [1.82, 2.24) is 0 Å². The highest BCUT2D eigenvalue weighted by atomic mass is 32.1. The van der Waals surface area contributed by atoms with Gasteiger partial charge in [0.15, 0.2) is 0 Å². The smallest absolute Gasteiger partial charge is 0.339 e. The summed E-state index contributed by atoms with van der Waals surface area (Å²) in [6.45, 7) is 9.27. The highest BCUT2D eigenvalue weighted by Gasteiger charge is 2.22. The van der Waals surface area contributed by atoms with E-state index in [0.717, 1.165) is 51.4 Å². The van der Waals surface area contributed by atoms with Gasteiger partial charge in [0.25, 0.3) is 0 Å². The lowest BCUT2D eigenvalue weighted by Crippen LogP contribution is -2.19. The van der Waals surface area contributed by atoms with E-state index in [1.165, 1.54) is 0 Å². The number of esters is 2. The van der Waals surface area contributed by atoms with E-state index in [4.69, 9.17) is 9.47 Å². The fourth-order valence-corrected chi connectivity index (χ4v) is 3.42. The summed E-state index contributed by atoms with van der Waals surface area (Å²) in [4.78, 5) is 26.0. The number of hydrogen-bond donors (Lipinski definition) is 1. The summed E-state index contributed by atoms with van der Waals surface area (Å²) in [5.41, 5.74) is 0.481. The predicted molar refractivity (Wildman–Crippen MR) is 121 cm³/mol. The molecule has 5 heteroatoms. The fourth-order valence-electron chi connectivity index (χ4n) is 3.22. The molecule has 2 atom stereocenters. The molecule has 1 aromatic rings. The van der Waals surface area contributed by atoms with Crippen molar-refractivity contribution in [3.05, 3.63) is 29.3 Å². The number of carbonyl (C=O) groups excluding carboxylic acids is 2. The molecule has 0 aliphatic carbocycles. The molecular weight excluding hydrogens is 384 g/mol. The highest BCUT2D eigenvalue weighted by Crippen LogP contribution is 2.20. The van der Waals surface area contributed by atoms with Crippen LogP contribution in [0.2, 0.25) is 0 Å². The van der Waals surface area contributed by atoms with Gasteiger partial charge < -0.3 is 9.47 Å². The maximum atomic E-state index is 12.7. The molecule has 0 N–H and O–H groups in total. The average molecular weight is 423 g/mol. The number of unbranched alkanes of at least 4 members (excludes halogenated alkanes) is 2. The van der Waals surface area contributed by atoms with E-state index in [0.29, 0.717) is 29.9 Å². The Morgan fingerprint density at radius 2 is 1.31 bits per heavy atom. The Bertz CT molecular complexity index is 629. The van der Waals surface area contributed by atoms with Crippen LogP contribution in [0.5, 0.6) is 0 Å². The topological polar surface area (TPSA) is 52.6 Å². The third-order valence-corrected chi connectivity index (χ3v) is 5.71. The van der Waals surface area contributed by atoms with E-state index in [2.05, 4.69) is 40.3 Å². The van der Waals surface area contributed by atoms with Gasteiger partial charge in [0, 0.05) is 4.90 Å². The molecule has 1 rings (SSSR count). The van der Waals surface area contributed by atoms with E-state index in [-0.39, 0.29) is 11.1 Å². The summed E-state index contributed by atoms with van der Waals surface area (Å²) in [6, 6.07) is 4.88. The van der Waals surface area contributed by atoms with Crippen LogP contribution < -0.4 is 0 Å². The minimum Gasteiger partial charge on any atom is -0.462 e. The Balaban J connectivity index is 2.79. The molecule has 4 nitrogen and oxygen atoms in total. The molecule has 1 aromatic carbocycles. The van der Waals surface area contributed by atoms with E-state index < -0.39 is 11.9 Å². The summed E-state index contributed by atoms with van der Waals surface area (Å²) in [6.07, 6.45) is 8.51. The first-order valence-corrected chi connectivity index (χ1v) is 11.6. The zero-order valence-corrected chi connectivity index (χ0v) is 19.4. The second-order valence-corrected chi connectivity index (χ2v) is 8.28. The predicted octanol–water partition coefficient (Wildman–Crippen LogP) is 6.72. The zero-order chi connectivity index (χ0) is 21.6. The Morgan fingerprint density at radius 1 is 0.828 bits per heavy atom. The molecule has 0 saturated heterocycles. The second kappa shape index (κ2) is 14.5. The lowest BCUT2D eigenvalue weighted by Gasteiger charge is -2.17. The quantitative estimate of drug-likeness (QED) is 0.267. The van der Waals surface area contributed by atoms with Crippen molar-refractivity contribution in [1.29, 1.82) is 0 Å². The molecule has 0 spiro atoms. The van der Waals surface area contributed by atoms with Crippen LogP contribution in [0.4, 0.5) is 0 Å². The minimum atomic E-state index is -0.485. The molecule has 0 aliphatic rings. The van der Waals surface area contributed by atoms with Crippen molar-refractivity contribution in [2.24, 2.45) is 11.8 Å². The lowest BCUT2D eigenvalue weighted by atomic mass is 10.0. The molecule has 0 aliphatic heterocycles. The van der Waals surface area contributed by atoms with Crippen molar-refractivity contribution in [3.63, 3.8) is 0 Å². The minimum absolute atomic E-state index is 0.231. The highest BCUT2D eigenvalue weighted by molar-refractivity contribution is 7.80. The Kier molecular flexibility index (Phi) is 12.8. The molecule has 0 aromatic heterocycles. The zero-order valence-electron chi connectivity index (χ0n) is 18.5. The van der Waals surface area contributed by atoms with E-state index in [9.17, 15) is 9.59 Å². The first-order valence-electron chi connectivity index (χ1n) is 11.1. The Labute approximate surface area is 182 Å². The molecule has 0 bridgehead atoms. The van der Waals surface area contributed by atoms with Crippen LogP contribution >= 0.6 is 12.6 Å². The van der Waals surface area contributed by atoms with Gasteiger partial charge >= 0.3 is 11.9 Å². The molecule has 0 radical (unpaired) electrons. The van der Waals surface area contributed by atoms with Gasteiger partial charge in [-0.1, -0.05) is 66.2 Å². The SMILES string of the molecule is CCCCC(CC)COC(=O)c1ccc(S)cc1C(=O)OCC(CC)CCCC. The first-order chi connectivity index (χ1) is 14.0. The van der Waals surface area contributed by atoms with Crippen LogP contribution in [0.1, 0.15) is 99.8 Å². The van der Waals surface area contributed by atoms with Crippen molar-refractivity contribution < 1.29 is 19.1 Å². The summed E-state index contributed by atoms with van der Waals surface area (Å²) in [5, 5.41) is 0. The molecule has 164 valence electrons. The number of hydrogen-bond acceptors (Lipinski definition) is 5. The lowest BCUT2D eigenvalue weighted by molar-refractivity contribution is 0.0381. The summed E-state index contributed by atoms with van der Waals surface area (Å²) in [7, 11) is 0. The Morgan fingerprint density at radius 3 is 1.76 bits per heavy atom. The van der Waals surface area contributed by atoms with Crippen molar-refractivity contribution in [2.75, 3.05) is 13.2 Å². The van der Waals surface area contributed by atoms with Crippen molar-refractivity contribution in [2.45, 2.75) is 84.0 Å². The van der Waals surface area contributed by atoms with Gasteiger partial charge in [-0.15, -0.1) is 12.6 Å². The van der Waals surface area contributed by atoms with Gasteiger partial charge in [-0.25, -0.2) is 9.59 Å². The molecule has 0 heterocycles. The van der Waals surface area contributed by atoms with Gasteiger partial charge in [0.1, 0.15) is 0 Å². The van der Waals surface area contributed by atoms with E-state index in [1.807, 2.05) is 0 Å². The normalized spacial score (nSPS) is 13.0. The summed E-state index contributed by atoms with van der Waals surface area (Å²) < 4.78 is 11.1. The van der Waals surface area contributed by atoms with Crippen LogP contribution in [0, 0.1) is 11.8 Å². The van der Waals surface area contributed by atoms with Crippen molar-refractivity contribution >= 4 is 24.6 Å². The van der Waals surface area contributed by atoms with Gasteiger partial charge in [0.2, 0.25) is 0 Å². The van der Waals surface area contributed by atoms with E-state index >= 15 is 0 Å². The van der Waals surface area contributed by atoms with Gasteiger partial charge in [-0.3, -0.25) is 0 Å². The number of carbonyl (C=O) groups is 2. The third kappa shape index (κ3) is 9.24. The van der Waals surface area contributed by atoms with Crippen LogP contribution in [0.3, 0.4) is 0 Å². The van der Waals surface area contributed by atoms with Crippen LogP contribution in [-0.2, 0) is 9.47 Å². The number of benzene rings is 1. The van der Waals surface area contributed by atoms with E-state index in [1.54, 1.807) is 18.2 Å². The van der Waals surface area contributed by atoms with Crippen LogP contribution in [-0.4, -0.2) is 25.2 Å². The first kappa shape index (κ1) is 25.5. The molecule has 29 heavy (non-hydrogen) atoms. The van der Waals surface area contributed by atoms with Crippen LogP contribution in [0.15, 0.2) is 23.1 Å². The van der Waals surface area contributed by atoms with Gasteiger partial charge in [-0.05, 0) is 42.9 Å². The molecule has 2 unspecified atom stereocenters. The molecule has 0 saturated carbocycles. The monoisotopic (exact) mass is 422 g/mol. The fraction of sp³-hybridized carbons (Fsp3) is 0.667. The average Bonchev–Trinajstić information content (AvgIpc) is 2.73. The third-order valence-electron chi connectivity index (χ3n) is 5.43. The molecule has 0 amide bonds. The van der Waals surface area contributed by atoms with Crippen molar-refractivity contribution in [3.8, 4) is 0 Å². The maximum Gasteiger partial charge on any atom is 0.339 e. The maximum absolute atomic E-state index is 12.7. The second-order valence-electron chi connectivity index (χ2n) is 7.76. The van der Waals surface area contributed by atoms with Crippen LogP contribution in [0.25, 0.3) is 0 Å². The number of thiol groups is 1. The summed E-state index contributed by atoms with van der Waals surface area (Å²) in [5.74, 6) is -0.265.